The third kappa shape index (κ3) is 4.71. The molecule has 1 aliphatic rings. The highest BCUT2D eigenvalue weighted by Gasteiger charge is 2.52. The van der Waals surface area contributed by atoms with Crippen molar-refractivity contribution in [3.05, 3.63) is 134 Å². The number of alkyl halides is 1. The Hall–Kier alpha value is -4.34. The first-order chi connectivity index (χ1) is 18.9. The van der Waals surface area contributed by atoms with Crippen molar-refractivity contribution in [1.82, 2.24) is 9.55 Å². The molecule has 5 rings (SSSR count). The highest BCUT2D eigenvalue weighted by Crippen LogP contribution is 2.45. The molecule has 1 aliphatic heterocycles. The van der Waals surface area contributed by atoms with E-state index in [0.717, 1.165) is 4.57 Å². The second kappa shape index (κ2) is 10.8. The molecule has 0 amide bonds. The fraction of sp³-hybridized carbons (Fsp3) is 0.233. The summed E-state index contributed by atoms with van der Waals surface area (Å²) in [5.41, 5.74) is -0.559. The largest absolute Gasteiger partial charge is 0.497 e. The molecular weight excluding hydrogens is 503 g/mol. The molecule has 4 atom stereocenters. The first kappa shape index (κ1) is 26.3. The van der Waals surface area contributed by atoms with Crippen molar-refractivity contribution in [2.45, 2.75) is 37.1 Å². The Morgan fingerprint density at radius 3 is 2.03 bits per heavy atom. The topological polar surface area (TPSA) is 99.6 Å². The fourth-order valence-corrected chi connectivity index (χ4v) is 4.97. The van der Waals surface area contributed by atoms with Crippen molar-refractivity contribution in [2.75, 3.05) is 7.11 Å². The van der Waals surface area contributed by atoms with E-state index in [2.05, 4.69) is 4.98 Å². The summed E-state index contributed by atoms with van der Waals surface area (Å²) in [4.78, 5) is 38.8. The molecule has 8 nitrogen and oxygen atoms in total. The molecule has 1 fully saturated rings. The van der Waals surface area contributed by atoms with Crippen LogP contribution in [0, 0.1) is 6.92 Å². The van der Waals surface area contributed by atoms with Gasteiger partial charge in [-0.25, -0.2) is 9.18 Å². The number of aromatic nitrogens is 2. The van der Waals surface area contributed by atoms with Crippen LogP contribution in [0.2, 0.25) is 0 Å². The molecule has 0 spiro atoms. The number of rotatable bonds is 8. The highest BCUT2D eigenvalue weighted by molar-refractivity contribution is 5.58. The summed E-state index contributed by atoms with van der Waals surface area (Å²) in [5.74, 6) is 0.625. The third-order valence-corrected chi connectivity index (χ3v) is 6.93. The molecule has 0 saturated carbocycles. The van der Waals surface area contributed by atoms with E-state index in [-0.39, 0.29) is 5.56 Å². The summed E-state index contributed by atoms with van der Waals surface area (Å²) >= 11 is 0. The van der Waals surface area contributed by atoms with Gasteiger partial charge in [0.1, 0.15) is 23.6 Å². The maximum Gasteiger partial charge on any atom is 0.330 e. The second-order valence-electron chi connectivity index (χ2n) is 9.27. The number of hydrogen-bond acceptors (Lipinski definition) is 6. The summed E-state index contributed by atoms with van der Waals surface area (Å²) in [6.45, 7) is 1.49. The van der Waals surface area contributed by atoms with Gasteiger partial charge in [-0.05, 0) is 35.7 Å². The quantitative estimate of drug-likeness (QED) is 0.276. The minimum atomic E-state index is -1.94. The number of benzene rings is 3. The van der Waals surface area contributed by atoms with E-state index in [1.807, 2.05) is 72.8 Å². The SMILES string of the molecule is COc1ccc(C(O[C@H]2[C@@H](F)[C@H](n3cc(C)c(=O)[nH]c3=O)O[C@@H]2C=O)(c2ccccc2)c2ccccc2)cc1. The second-order valence-corrected chi connectivity index (χ2v) is 9.27. The minimum Gasteiger partial charge on any atom is -0.497 e. The van der Waals surface area contributed by atoms with Gasteiger partial charge in [0.05, 0.1) is 7.11 Å². The lowest BCUT2D eigenvalue weighted by molar-refractivity contribution is -0.131. The van der Waals surface area contributed by atoms with E-state index in [9.17, 15) is 14.4 Å². The Balaban J connectivity index is 1.68. The van der Waals surface area contributed by atoms with Crippen LogP contribution in [0.3, 0.4) is 0 Å². The number of nitrogens with one attached hydrogen (secondary N) is 1. The molecular formula is C30H27FN2O6. The molecule has 200 valence electrons. The van der Waals surface area contributed by atoms with Crippen LogP contribution in [0.25, 0.3) is 0 Å². The number of nitrogens with zero attached hydrogens (tertiary/aromatic N) is 1. The van der Waals surface area contributed by atoms with Crippen LogP contribution in [0.5, 0.6) is 5.75 Å². The number of hydrogen-bond donors (Lipinski definition) is 1. The summed E-state index contributed by atoms with van der Waals surface area (Å²) in [6.07, 6.45) is -4.49. The summed E-state index contributed by atoms with van der Waals surface area (Å²) in [5, 5.41) is 0. The minimum absolute atomic E-state index is 0.193. The maximum absolute atomic E-state index is 16.3. The molecule has 39 heavy (non-hydrogen) atoms. The Labute approximate surface area is 223 Å². The average Bonchev–Trinajstić information content (AvgIpc) is 3.29. The lowest BCUT2D eigenvalue weighted by Crippen LogP contribution is -2.44. The van der Waals surface area contributed by atoms with E-state index >= 15 is 4.39 Å². The van der Waals surface area contributed by atoms with Gasteiger partial charge in [-0.1, -0.05) is 72.8 Å². The number of carbonyl (C=O) groups excluding carboxylic acids is 1. The Bertz CT molecular complexity index is 1510. The van der Waals surface area contributed by atoms with Gasteiger partial charge in [0.25, 0.3) is 5.56 Å². The van der Waals surface area contributed by atoms with E-state index in [1.54, 1.807) is 19.2 Å². The van der Waals surface area contributed by atoms with Gasteiger partial charge in [-0.15, -0.1) is 0 Å². The van der Waals surface area contributed by atoms with Gasteiger partial charge in [0.15, 0.2) is 18.7 Å². The van der Waals surface area contributed by atoms with E-state index < -0.39 is 41.5 Å². The zero-order chi connectivity index (χ0) is 27.6. The maximum atomic E-state index is 16.3. The Morgan fingerprint density at radius 2 is 1.49 bits per heavy atom. The summed E-state index contributed by atoms with van der Waals surface area (Å²) in [7, 11) is 1.56. The van der Waals surface area contributed by atoms with Gasteiger partial charge < -0.3 is 19.0 Å². The molecule has 9 heteroatoms. The number of H-pyrrole nitrogens is 1. The zero-order valence-corrected chi connectivity index (χ0v) is 21.3. The van der Waals surface area contributed by atoms with Crippen molar-refractivity contribution in [1.29, 1.82) is 0 Å². The zero-order valence-electron chi connectivity index (χ0n) is 21.3. The number of aromatic amines is 1. The lowest BCUT2D eigenvalue weighted by atomic mass is 9.79. The molecule has 0 aliphatic carbocycles. The van der Waals surface area contributed by atoms with Gasteiger partial charge in [-0.3, -0.25) is 14.3 Å². The monoisotopic (exact) mass is 530 g/mol. The van der Waals surface area contributed by atoms with E-state index in [1.165, 1.54) is 13.1 Å². The molecule has 4 aromatic rings. The summed E-state index contributed by atoms with van der Waals surface area (Å²) < 4.78 is 35.1. The molecule has 0 radical (unpaired) electrons. The molecule has 3 aromatic carbocycles. The molecule has 0 bridgehead atoms. The van der Waals surface area contributed by atoms with Crippen molar-refractivity contribution in [3.8, 4) is 5.75 Å². The van der Waals surface area contributed by atoms with Gasteiger partial charge in [0, 0.05) is 11.8 Å². The van der Waals surface area contributed by atoms with Crippen LogP contribution < -0.4 is 16.0 Å². The van der Waals surface area contributed by atoms with Crippen LogP contribution in [-0.2, 0) is 19.9 Å². The average molecular weight is 531 g/mol. The molecule has 0 unspecified atom stereocenters. The van der Waals surface area contributed by atoms with Gasteiger partial charge >= 0.3 is 5.69 Å². The Morgan fingerprint density at radius 1 is 0.923 bits per heavy atom. The first-order valence-electron chi connectivity index (χ1n) is 12.4. The highest BCUT2D eigenvalue weighted by atomic mass is 19.1. The van der Waals surface area contributed by atoms with Crippen LogP contribution in [0.15, 0.2) is 101 Å². The number of methoxy groups -OCH3 is 1. The standard InChI is InChI=1S/C30H27FN2O6/c1-19-17-33(29(36)32-27(19)35)28-25(31)26(24(18-34)38-28)39-30(20-9-5-3-6-10-20,21-11-7-4-8-12-21)22-13-15-23(37-2)16-14-22/h3-18,24-26,28H,1-2H3,(H,32,35,36)/t24-,25-,26-,28-/m1/s1. The van der Waals surface area contributed by atoms with Crippen molar-refractivity contribution in [2.24, 2.45) is 0 Å². The van der Waals surface area contributed by atoms with Gasteiger partial charge in [-0.2, -0.15) is 0 Å². The number of aldehydes is 1. The van der Waals surface area contributed by atoms with Crippen LogP contribution in [0.4, 0.5) is 4.39 Å². The van der Waals surface area contributed by atoms with Crippen LogP contribution in [0.1, 0.15) is 28.5 Å². The van der Waals surface area contributed by atoms with Gasteiger partial charge in [0.2, 0.25) is 0 Å². The van der Waals surface area contributed by atoms with E-state index in [4.69, 9.17) is 14.2 Å². The number of ether oxygens (including phenoxy) is 3. The fourth-order valence-electron chi connectivity index (χ4n) is 4.97. The van der Waals surface area contributed by atoms with E-state index in [0.29, 0.717) is 28.7 Å². The first-order valence-corrected chi connectivity index (χ1v) is 12.4. The van der Waals surface area contributed by atoms with Crippen LogP contribution >= 0.6 is 0 Å². The number of carbonyl (C=O) groups is 1. The van der Waals surface area contributed by atoms with Crippen molar-refractivity contribution >= 4 is 6.29 Å². The molecule has 1 N–H and O–H groups in total. The third-order valence-electron chi connectivity index (χ3n) is 6.93. The number of halogens is 1. The molecule has 1 saturated heterocycles. The van der Waals surface area contributed by atoms with Crippen molar-refractivity contribution < 1.29 is 23.4 Å². The predicted molar refractivity (Wildman–Crippen MR) is 142 cm³/mol. The smallest absolute Gasteiger partial charge is 0.330 e. The molecule has 1 aromatic heterocycles. The summed E-state index contributed by atoms with van der Waals surface area (Å²) in [6, 6.07) is 25.8. The predicted octanol–water partition coefficient (Wildman–Crippen LogP) is 3.67. The Kier molecular flexibility index (Phi) is 7.28. The number of aryl methyl sites for hydroxylation is 1. The van der Waals surface area contributed by atoms with Crippen LogP contribution in [-0.4, -0.2) is 41.3 Å². The lowest BCUT2D eigenvalue weighted by Gasteiger charge is -2.39. The normalized spacial score (nSPS) is 21.0. The molecule has 2 heterocycles. The van der Waals surface area contributed by atoms with Crippen molar-refractivity contribution in [3.63, 3.8) is 0 Å².